The SMILES string of the molecule is COCCOCCOc1ccc(N2CCC(=O)NC2=O)cc1Br. The van der Waals surface area contributed by atoms with Gasteiger partial charge in [0.2, 0.25) is 5.91 Å². The molecule has 0 saturated carbocycles. The molecule has 1 aliphatic heterocycles. The molecule has 1 aromatic rings. The largest absolute Gasteiger partial charge is 0.490 e. The molecular weight excluding hydrogens is 368 g/mol. The van der Waals surface area contributed by atoms with E-state index >= 15 is 0 Å². The number of hydrogen-bond acceptors (Lipinski definition) is 5. The Balaban J connectivity index is 1.88. The van der Waals surface area contributed by atoms with E-state index in [0.29, 0.717) is 50.8 Å². The molecule has 0 aliphatic carbocycles. The van der Waals surface area contributed by atoms with Gasteiger partial charge in [-0.05, 0) is 34.1 Å². The van der Waals surface area contributed by atoms with Gasteiger partial charge in [0, 0.05) is 25.8 Å². The summed E-state index contributed by atoms with van der Waals surface area (Å²) in [4.78, 5) is 24.5. The summed E-state index contributed by atoms with van der Waals surface area (Å²) in [6, 6.07) is 4.93. The molecule has 1 aliphatic rings. The van der Waals surface area contributed by atoms with Gasteiger partial charge in [-0.3, -0.25) is 15.0 Å². The van der Waals surface area contributed by atoms with E-state index in [1.165, 1.54) is 4.90 Å². The predicted molar refractivity (Wildman–Crippen MR) is 87.8 cm³/mol. The number of imide groups is 1. The Morgan fingerprint density at radius 2 is 2.00 bits per heavy atom. The number of anilines is 1. The van der Waals surface area contributed by atoms with Crippen LogP contribution in [0, 0.1) is 0 Å². The summed E-state index contributed by atoms with van der Waals surface area (Å²) in [6.45, 7) is 2.33. The first-order chi connectivity index (χ1) is 11.1. The first-order valence-electron chi connectivity index (χ1n) is 7.22. The molecule has 0 radical (unpaired) electrons. The third-order valence-electron chi connectivity index (χ3n) is 3.20. The highest BCUT2D eigenvalue weighted by molar-refractivity contribution is 9.10. The highest BCUT2D eigenvalue weighted by atomic mass is 79.9. The molecule has 3 amide bonds. The fraction of sp³-hybridized carbons (Fsp3) is 0.467. The van der Waals surface area contributed by atoms with Crippen LogP contribution in [0.1, 0.15) is 6.42 Å². The minimum Gasteiger partial charge on any atom is -0.490 e. The molecule has 1 heterocycles. The van der Waals surface area contributed by atoms with E-state index in [-0.39, 0.29) is 5.91 Å². The first-order valence-corrected chi connectivity index (χ1v) is 8.01. The Labute approximate surface area is 143 Å². The third-order valence-corrected chi connectivity index (χ3v) is 3.82. The van der Waals surface area contributed by atoms with Gasteiger partial charge in [0.1, 0.15) is 12.4 Å². The van der Waals surface area contributed by atoms with E-state index in [9.17, 15) is 9.59 Å². The number of nitrogens with one attached hydrogen (secondary N) is 1. The Morgan fingerprint density at radius 3 is 2.70 bits per heavy atom. The summed E-state index contributed by atoms with van der Waals surface area (Å²) in [5, 5.41) is 2.30. The molecule has 1 saturated heterocycles. The van der Waals surface area contributed by atoms with Gasteiger partial charge in [0.05, 0.1) is 24.3 Å². The van der Waals surface area contributed by atoms with Gasteiger partial charge >= 0.3 is 6.03 Å². The van der Waals surface area contributed by atoms with Crippen LogP contribution in [0.2, 0.25) is 0 Å². The van der Waals surface area contributed by atoms with Crippen LogP contribution in [0.25, 0.3) is 0 Å². The smallest absolute Gasteiger partial charge is 0.328 e. The number of hydrogen-bond donors (Lipinski definition) is 1. The maximum absolute atomic E-state index is 11.8. The standard InChI is InChI=1S/C15H19BrN2O5/c1-21-6-7-22-8-9-23-13-3-2-11(10-12(13)16)18-5-4-14(19)17-15(18)20/h2-3,10H,4-9H2,1H3,(H,17,19,20). The van der Waals surface area contributed by atoms with Gasteiger partial charge in [-0.2, -0.15) is 0 Å². The van der Waals surface area contributed by atoms with E-state index in [2.05, 4.69) is 21.2 Å². The first kappa shape index (κ1) is 17.7. The Morgan fingerprint density at radius 1 is 1.22 bits per heavy atom. The summed E-state index contributed by atoms with van der Waals surface area (Å²) >= 11 is 3.43. The zero-order chi connectivity index (χ0) is 16.7. The lowest BCUT2D eigenvalue weighted by atomic mass is 10.2. The van der Waals surface area contributed by atoms with Crippen molar-refractivity contribution in [2.75, 3.05) is 45.0 Å². The second-order valence-corrected chi connectivity index (χ2v) is 5.68. The van der Waals surface area contributed by atoms with Gasteiger partial charge in [0.15, 0.2) is 0 Å². The number of nitrogens with zero attached hydrogens (tertiary/aromatic N) is 1. The molecule has 1 fully saturated rings. The van der Waals surface area contributed by atoms with E-state index < -0.39 is 6.03 Å². The average Bonchev–Trinajstić information content (AvgIpc) is 2.52. The molecule has 1 N–H and O–H groups in total. The fourth-order valence-electron chi connectivity index (χ4n) is 2.04. The van der Waals surface area contributed by atoms with Gasteiger partial charge in [0.25, 0.3) is 0 Å². The zero-order valence-corrected chi connectivity index (χ0v) is 14.4. The minimum atomic E-state index is -0.409. The zero-order valence-electron chi connectivity index (χ0n) is 12.8. The molecule has 0 unspecified atom stereocenters. The van der Waals surface area contributed by atoms with E-state index in [0.717, 1.165) is 4.47 Å². The Hall–Kier alpha value is -1.64. The maximum atomic E-state index is 11.8. The number of rotatable bonds is 8. The van der Waals surface area contributed by atoms with Gasteiger partial charge < -0.3 is 14.2 Å². The molecule has 0 aromatic heterocycles. The number of amides is 3. The molecule has 8 heteroatoms. The molecule has 23 heavy (non-hydrogen) atoms. The van der Waals surface area contributed by atoms with Gasteiger partial charge in [-0.15, -0.1) is 0 Å². The number of urea groups is 1. The topological polar surface area (TPSA) is 77.1 Å². The van der Waals surface area contributed by atoms with Crippen LogP contribution in [-0.4, -0.2) is 52.0 Å². The van der Waals surface area contributed by atoms with Crippen LogP contribution in [0.4, 0.5) is 10.5 Å². The van der Waals surface area contributed by atoms with Crippen molar-refractivity contribution in [3.05, 3.63) is 22.7 Å². The molecule has 2 rings (SSSR count). The molecule has 0 atom stereocenters. The molecular formula is C15H19BrN2O5. The summed E-state index contributed by atoms with van der Waals surface area (Å²) in [5.41, 5.74) is 0.700. The molecule has 126 valence electrons. The number of benzene rings is 1. The number of carbonyl (C=O) groups excluding carboxylic acids is 2. The second kappa shape index (κ2) is 8.85. The lowest BCUT2D eigenvalue weighted by molar-refractivity contribution is -0.120. The number of ether oxygens (including phenoxy) is 3. The highest BCUT2D eigenvalue weighted by Gasteiger charge is 2.24. The summed E-state index contributed by atoms with van der Waals surface area (Å²) < 4.78 is 16.6. The fourth-order valence-corrected chi connectivity index (χ4v) is 2.52. The monoisotopic (exact) mass is 386 g/mol. The Kier molecular flexibility index (Phi) is 6.82. The van der Waals surface area contributed by atoms with Crippen molar-refractivity contribution in [1.29, 1.82) is 0 Å². The summed E-state index contributed by atoms with van der Waals surface area (Å²) in [5.74, 6) is 0.413. The van der Waals surface area contributed by atoms with E-state index in [1.807, 2.05) is 0 Å². The van der Waals surface area contributed by atoms with Crippen LogP contribution in [0.15, 0.2) is 22.7 Å². The molecule has 7 nitrogen and oxygen atoms in total. The van der Waals surface area contributed by atoms with Crippen molar-refractivity contribution >= 4 is 33.6 Å². The Bertz CT molecular complexity index is 567. The van der Waals surface area contributed by atoms with Crippen molar-refractivity contribution in [2.24, 2.45) is 0 Å². The highest BCUT2D eigenvalue weighted by Crippen LogP contribution is 2.30. The average molecular weight is 387 g/mol. The van der Waals surface area contributed by atoms with Crippen molar-refractivity contribution in [3.63, 3.8) is 0 Å². The lowest BCUT2D eigenvalue weighted by Gasteiger charge is -2.26. The predicted octanol–water partition coefficient (Wildman–Crippen LogP) is 1.94. The number of carbonyl (C=O) groups is 2. The van der Waals surface area contributed by atoms with Crippen molar-refractivity contribution in [1.82, 2.24) is 5.32 Å². The third kappa shape index (κ3) is 5.19. The van der Waals surface area contributed by atoms with Crippen LogP contribution >= 0.6 is 15.9 Å². The summed E-state index contributed by atoms with van der Waals surface area (Å²) in [7, 11) is 1.62. The van der Waals surface area contributed by atoms with Crippen molar-refractivity contribution in [2.45, 2.75) is 6.42 Å². The van der Waals surface area contributed by atoms with Crippen LogP contribution in [0.5, 0.6) is 5.75 Å². The lowest BCUT2D eigenvalue weighted by Crippen LogP contribution is -2.49. The number of halogens is 1. The van der Waals surface area contributed by atoms with Gasteiger partial charge in [-0.25, -0.2) is 4.79 Å². The minimum absolute atomic E-state index is 0.251. The van der Waals surface area contributed by atoms with Crippen molar-refractivity contribution in [3.8, 4) is 5.75 Å². The normalized spacial score (nSPS) is 14.8. The maximum Gasteiger partial charge on any atom is 0.328 e. The molecule has 0 bridgehead atoms. The van der Waals surface area contributed by atoms with Crippen LogP contribution in [-0.2, 0) is 14.3 Å². The van der Waals surface area contributed by atoms with Gasteiger partial charge in [-0.1, -0.05) is 0 Å². The molecule has 0 spiro atoms. The van der Waals surface area contributed by atoms with Crippen LogP contribution < -0.4 is 15.0 Å². The van der Waals surface area contributed by atoms with Crippen LogP contribution in [0.3, 0.4) is 0 Å². The van der Waals surface area contributed by atoms with Crippen molar-refractivity contribution < 1.29 is 23.8 Å². The summed E-state index contributed by atoms with van der Waals surface area (Å²) in [6.07, 6.45) is 0.292. The quantitative estimate of drug-likeness (QED) is 0.690. The second-order valence-electron chi connectivity index (χ2n) is 4.82. The number of methoxy groups -OCH3 is 1. The molecule has 1 aromatic carbocycles. The van der Waals surface area contributed by atoms with E-state index in [4.69, 9.17) is 14.2 Å². The van der Waals surface area contributed by atoms with E-state index in [1.54, 1.807) is 25.3 Å².